The number of carbonyl (C=O) groups is 1. The molecule has 0 saturated heterocycles. The van der Waals surface area contributed by atoms with Gasteiger partial charge in [-0.15, -0.1) is 0 Å². The molecule has 1 N–H and O–H groups in total. The number of halogens is 1. The van der Waals surface area contributed by atoms with Crippen molar-refractivity contribution in [3.05, 3.63) is 52.5 Å². The van der Waals surface area contributed by atoms with Gasteiger partial charge >= 0.3 is 0 Å². The highest BCUT2D eigenvalue weighted by molar-refractivity contribution is 9.10. The summed E-state index contributed by atoms with van der Waals surface area (Å²) in [7, 11) is 1.94. The van der Waals surface area contributed by atoms with Crippen LogP contribution >= 0.6 is 15.9 Å². The topological polar surface area (TPSA) is 50.8 Å². The number of nitrogens with zero attached hydrogens (tertiary/aromatic N) is 1. The number of nitrogens with one attached hydrogen (secondary N) is 1. The van der Waals surface area contributed by atoms with E-state index in [1.54, 1.807) is 12.1 Å². The van der Waals surface area contributed by atoms with Crippen LogP contribution in [0.4, 0.5) is 5.69 Å². The first-order valence-corrected chi connectivity index (χ1v) is 8.47. The molecule has 2 aromatic rings. The van der Waals surface area contributed by atoms with Crippen LogP contribution in [0.25, 0.3) is 0 Å². The molecule has 0 aliphatic carbocycles. The molecule has 0 bridgehead atoms. The Morgan fingerprint density at radius 3 is 2.67 bits per heavy atom. The summed E-state index contributed by atoms with van der Waals surface area (Å²) in [5, 5.41) is 2.92. The fourth-order valence-electron chi connectivity index (χ4n) is 2.44. The number of anilines is 1. The molecular formula is C18H19BrN2O3. The van der Waals surface area contributed by atoms with E-state index < -0.39 is 0 Å². The van der Waals surface area contributed by atoms with Gasteiger partial charge in [0, 0.05) is 22.8 Å². The van der Waals surface area contributed by atoms with Crippen molar-refractivity contribution in [2.45, 2.75) is 19.5 Å². The summed E-state index contributed by atoms with van der Waals surface area (Å²) in [6.07, 6.45) is 0. The molecule has 5 nitrogen and oxygen atoms in total. The normalized spacial score (nSPS) is 13.8. The molecule has 0 aromatic heterocycles. The third kappa shape index (κ3) is 3.88. The average molecular weight is 391 g/mol. The minimum atomic E-state index is -0.265. The Bertz CT molecular complexity index is 734. The van der Waals surface area contributed by atoms with Crippen molar-refractivity contribution in [3.8, 4) is 11.5 Å². The van der Waals surface area contributed by atoms with E-state index in [-0.39, 0.29) is 18.7 Å². The Morgan fingerprint density at radius 1 is 1.21 bits per heavy atom. The van der Waals surface area contributed by atoms with E-state index in [0.717, 1.165) is 10.0 Å². The van der Waals surface area contributed by atoms with Crippen molar-refractivity contribution in [1.82, 2.24) is 4.90 Å². The third-order valence-corrected chi connectivity index (χ3v) is 4.55. The van der Waals surface area contributed by atoms with Crippen LogP contribution in [0.2, 0.25) is 0 Å². The molecule has 0 unspecified atom stereocenters. The maximum atomic E-state index is 12.5. The highest BCUT2D eigenvalue weighted by Gasteiger charge is 2.20. The fraction of sp³-hybridized carbons (Fsp3) is 0.278. The SMILES string of the molecule is C[C@H](C(=O)Nc1ccc2c(c1)OCO2)N(C)Cc1ccc(Br)cc1. The molecule has 0 radical (unpaired) electrons. The number of benzene rings is 2. The number of carbonyl (C=O) groups excluding carboxylic acids is 1. The molecule has 126 valence electrons. The van der Waals surface area contributed by atoms with Gasteiger partial charge in [-0.25, -0.2) is 0 Å². The summed E-state index contributed by atoms with van der Waals surface area (Å²) in [6.45, 7) is 2.81. The van der Waals surface area contributed by atoms with Crippen LogP contribution < -0.4 is 14.8 Å². The second-order valence-corrected chi connectivity index (χ2v) is 6.69. The Balaban J connectivity index is 1.60. The molecule has 24 heavy (non-hydrogen) atoms. The summed E-state index contributed by atoms with van der Waals surface area (Å²) in [5.41, 5.74) is 1.86. The number of hydrogen-bond acceptors (Lipinski definition) is 4. The zero-order chi connectivity index (χ0) is 17.1. The van der Waals surface area contributed by atoms with Crippen molar-refractivity contribution in [2.24, 2.45) is 0 Å². The number of fused-ring (bicyclic) bond motifs is 1. The lowest BCUT2D eigenvalue weighted by Crippen LogP contribution is -2.39. The Labute approximate surface area is 149 Å². The minimum Gasteiger partial charge on any atom is -0.454 e. The van der Waals surface area contributed by atoms with Gasteiger partial charge in [0.05, 0.1) is 6.04 Å². The van der Waals surface area contributed by atoms with Crippen LogP contribution in [-0.2, 0) is 11.3 Å². The Hall–Kier alpha value is -2.05. The van der Waals surface area contributed by atoms with Gasteiger partial charge in [-0.2, -0.15) is 0 Å². The van der Waals surface area contributed by atoms with E-state index in [4.69, 9.17) is 9.47 Å². The van der Waals surface area contributed by atoms with Crippen LogP contribution in [-0.4, -0.2) is 30.7 Å². The predicted octanol–water partition coefficient (Wildman–Crippen LogP) is 3.64. The largest absolute Gasteiger partial charge is 0.454 e. The third-order valence-electron chi connectivity index (χ3n) is 4.03. The number of amides is 1. The van der Waals surface area contributed by atoms with E-state index in [9.17, 15) is 4.79 Å². The summed E-state index contributed by atoms with van der Waals surface area (Å²) < 4.78 is 11.6. The first-order chi connectivity index (χ1) is 11.5. The van der Waals surface area contributed by atoms with E-state index in [1.807, 2.05) is 49.2 Å². The quantitative estimate of drug-likeness (QED) is 0.846. The van der Waals surface area contributed by atoms with E-state index in [1.165, 1.54) is 0 Å². The molecule has 1 heterocycles. The van der Waals surface area contributed by atoms with Gasteiger partial charge in [-0.3, -0.25) is 9.69 Å². The smallest absolute Gasteiger partial charge is 0.241 e. The molecule has 6 heteroatoms. The monoisotopic (exact) mass is 390 g/mol. The molecule has 0 spiro atoms. The lowest BCUT2D eigenvalue weighted by Gasteiger charge is -2.24. The first-order valence-electron chi connectivity index (χ1n) is 7.68. The maximum absolute atomic E-state index is 12.5. The van der Waals surface area contributed by atoms with Crippen LogP contribution in [0.3, 0.4) is 0 Å². The standard InChI is InChI=1S/C18H19BrN2O3/c1-12(21(2)10-13-3-5-14(19)6-4-13)18(22)20-15-7-8-16-17(9-15)24-11-23-16/h3-9,12H,10-11H2,1-2H3,(H,20,22)/t12-/m1/s1. The fourth-order valence-corrected chi connectivity index (χ4v) is 2.70. The summed E-state index contributed by atoms with van der Waals surface area (Å²) in [4.78, 5) is 14.5. The lowest BCUT2D eigenvalue weighted by atomic mass is 10.2. The Kier molecular flexibility index (Phi) is 5.06. The zero-order valence-electron chi connectivity index (χ0n) is 13.6. The van der Waals surface area contributed by atoms with Gasteiger partial charge in [0.1, 0.15) is 0 Å². The van der Waals surface area contributed by atoms with Crippen molar-refractivity contribution in [2.75, 3.05) is 19.2 Å². The summed E-state index contributed by atoms with van der Waals surface area (Å²) >= 11 is 3.43. The second kappa shape index (κ2) is 7.23. The van der Waals surface area contributed by atoms with E-state index in [2.05, 4.69) is 21.2 Å². The summed E-state index contributed by atoms with van der Waals surface area (Å²) in [6, 6.07) is 13.2. The molecular weight excluding hydrogens is 372 g/mol. The molecule has 1 amide bonds. The van der Waals surface area contributed by atoms with Gasteiger partial charge in [0.15, 0.2) is 11.5 Å². The molecule has 1 atom stereocenters. The highest BCUT2D eigenvalue weighted by Crippen LogP contribution is 2.34. The molecule has 3 rings (SSSR count). The van der Waals surface area contributed by atoms with Crippen LogP contribution in [0.15, 0.2) is 46.9 Å². The van der Waals surface area contributed by atoms with E-state index >= 15 is 0 Å². The predicted molar refractivity (Wildman–Crippen MR) is 96.3 cm³/mol. The number of hydrogen-bond donors (Lipinski definition) is 1. The second-order valence-electron chi connectivity index (χ2n) is 5.77. The highest BCUT2D eigenvalue weighted by atomic mass is 79.9. The zero-order valence-corrected chi connectivity index (χ0v) is 15.2. The molecule has 2 aromatic carbocycles. The van der Waals surface area contributed by atoms with Crippen LogP contribution in [0.1, 0.15) is 12.5 Å². The van der Waals surface area contributed by atoms with Crippen molar-refractivity contribution in [3.63, 3.8) is 0 Å². The molecule has 0 saturated carbocycles. The lowest BCUT2D eigenvalue weighted by molar-refractivity contribution is -0.120. The number of rotatable bonds is 5. The number of ether oxygens (including phenoxy) is 2. The van der Waals surface area contributed by atoms with Crippen molar-refractivity contribution in [1.29, 1.82) is 0 Å². The molecule has 0 fully saturated rings. The van der Waals surface area contributed by atoms with Crippen molar-refractivity contribution >= 4 is 27.5 Å². The van der Waals surface area contributed by atoms with Crippen LogP contribution in [0.5, 0.6) is 11.5 Å². The minimum absolute atomic E-state index is 0.0616. The van der Waals surface area contributed by atoms with Crippen molar-refractivity contribution < 1.29 is 14.3 Å². The van der Waals surface area contributed by atoms with Gasteiger partial charge in [-0.1, -0.05) is 28.1 Å². The van der Waals surface area contributed by atoms with Gasteiger partial charge in [-0.05, 0) is 43.8 Å². The molecule has 1 aliphatic heterocycles. The maximum Gasteiger partial charge on any atom is 0.241 e. The van der Waals surface area contributed by atoms with Gasteiger partial charge < -0.3 is 14.8 Å². The van der Waals surface area contributed by atoms with Crippen LogP contribution in [0, 0.1) is 0 Å². The summed E-state index contributed by atoms with van der Waals surface area (Å²) in [5.74, 6) is 1.30. The van der Waals surface area contributed by atoms with E-state index in [0.29, 0.717) is 23.7 Å². The van der Waals surface area contributed by atoms with Gasteiger partial charge in [0.25, 0.3) is 0 Å². The first kappa shape index (κ1) is 16.8. The Morgan fingerprint density at radius 2 is 1.92 bits per heavy atom. The average Bonchev–Trinajstić information content (AvgIpc) is 3.03. The van der Waals surface area contributed by atoms with Gasteiger partial charge in [0.2, 0.25) is 12.7 Å². The molecule has 1 aliphatic rings. The number of likely N-dealkylation sites (N-methyl/N-ethyl adjacent to an activating group) is 1.